The van der Waals surface area contributed by atoms with Gasteiger partial charge in [-0.25, -0.2) is 17.5 Å². The fourth-order valence-corrected chi connectivity index (χ4v) is 3.01. The van der Waals surface area contributed by atoms with Crippen LogP contribution in [0.15, 0.2) is 24.3 Å². The first kappa shape index (κ1) is 16.4. The summed E-state index contributed by atoms with van der Waals surface area (Å²) in [5, 5.41) is 4.21. The van der Waals surface area contributed by atoms with E-state index >= 15 is 0 Å². The molecule has 0 saturated heterocycles. The maximum absolute atomic E-state index is 14.2. The molecule has 1 N–H and O–H groups in total. The van der Waals surface area contributed by atoms with Crippen LogP contribution in [-0.2, 0) is 14.8 Å². The van der Waals surface area contributed by atoms with Gasteiger partial charge in [-0.05, 0) is 32.0 Å². The Morgan fingerprint density at radius 1 is 1.32 bits per heavy atom. The molecule has 0 aliphatic heterocycles. The van der Waals surface area contributed by atoms with E-state index in [1.54, 1.807) is 0 Å². The molecule has 22 heavy (non-hydrogen) atoms. The Morgan fingerprint density at radius 2 is 2.05 bits per heavy atom. The molecule has 0 atom stereocenters. The summed E-state index contributed by atoms with van der Waals surface area (Å²) in [5.41, 5.74) is 2.01. The average molecular weight is 327 g/mol. The number of anilines is 1. The zero-order valence-corrected chi connectivity index (χ0v) is 13.4. The number of aromatic nitrogens is 2. The Bertz CT molecular complexity index is 772. The van der Waals surface area contributed by atoms with Crippen molar-refractivity contribution in [2.24, 2.45) is 0 Å². The van der Waals surface area contributed by atoms with E-state index in [0.29, 0.717) is 0 Å². The fraction of sp³-hybridized carbons (Fsp3) is 0.357. The topological polar surface area (TPSA) is 73.2 Å². The van der Waals surface area contributed by atoms with Gasteiger partial charge in [0.05, 0.1) is 23.7 Å². The SMILES string of the molecule is COCCS(=O)(=O)Nc1ccc(-n2nc(C)cc2C)c(F)c1. The summed E-state index contributed by atoms with van der Waals surface area (Å²) in [6.45, 7) is 3.71. The van der Waals surface area contributed by atoms with Gasteiger partial charge >= 0.3 is 0 Å². The number of halogens is 1. The standard InChI is InChI=1S/C14H18FN3O3S/c1-10-8-11(2)18(16-10)14-5-4-12(9-13(14)15)17-22(19,20)7-6-21-3/h4-5,8-9,17H,6-7H2,1-3H3. The van der Waals surface area contributed by atoms with Crippen LogP contribution in [-0.4, -0.2) is 37.7 Å². The Hall–Kier alpha value is -1.93. The summed E-state index contributed by atoms with van der Waals surface area (Å²) in [6.07, 6.45) is 0. The van der Waals surface area contributed by atoms with Crippen molar-refractivity contribution in [1.29, 1.82) is 0 Å². The summed E-state index contributed by atoms with van der Waals surface area (Å²) < 4.78 is 46.3. The van der Waals surface area contributed by atoms with Gasteiger partial charge in [-0.3, -0.25) is 4.72 Å². The zero-order valence-electron chi connectivity index (χ0n) is 12.6. The molecule has 0 radical (unpaired) electrons. The molecule has 0 unspecified atom stereocenters. The second kappa shape index (κ2) is 6.45. The van der Waals surface area contributed by atoms with Crippen molar-refractivity contribution in [2.45, 2.75) is 13.8 Å². The molecule has 0 fully saturated rings. The van der Waals surface area contributed by atoms with Gasteiger partial charge in [0, 0.05) is 18.9 Å². The summed E-state index contributed by atoms with van der Waals surface area (Å²) in [5.74, 6) is -0.747. The lowest BCUT2D eigenvalue weighted by molar-refractivity contribution is 0.217. The number of hydrogen-bond acceptors (Lipinski definition) is 4. The second-order valence-electron chi connectivity index (χ2n) is 4.92. The molecule has 8 heteroatoms. The maximum atomic E-state index is 14.2. The molecular formula is C14H18FN3O3S. The molecule has 1 aromatic carbocycles. The Balaban J connectivity index is 2.25. The van der Waals surface area contributed by atoms with E-state index in [-0.39, 0.29) is 23.7 Å². The minimum Gasteiger partial charge on any atom is -0.384 e. The monoisotopic (exact) mass is 327 g/mol. The molecule has 120 valence electrons. The molecule has 0 aliphatic rings. The van der Waals surface area contributed by atoms with Gasteiger partial charge in [-0.1, -0.05) is 0 Å². The van der Waals surface area contributed by atoms with Crippen LogP contribution in [0.2, 0.25) is 0 Å². The van der Waals surface area contributed by atoms with E-state index in [9.17, 15) is 12.8 Å². The van der Waals surface area contributed by atoms with Crippen molar-refractivity contribution >= 4 is 15.7 Å². The summed E-state index contributed by atoms with van der Waals surface area (Å²) in [7, 11) is -2.14. The lowest BCUT2D eigenvalue weighted by Crippen LogP contribution is -2.19. The highest BCUT2D eigenvalue weighted by Crippen LogP contribution is 2.20. The van der Waals surface area contributed by atoms with Crippen molar-refractivity contribution in [2.75, 3.05) is 24.2 Å². The summed E-state index contributed by atoms with van der Waals surface area (Å²) in [6, 6.07) is 5.96. The molecular weight excluding hydrogens is 309 g/mol. The quantitative estimate of drug-likeness (QED) is 0.881. The third-order valence-electron chi connectivity index (χ3n) is 3.02. The molecule has 0 amide bonds. The molecule has 2 aromatic rings. The predicted octanol–water partition coefficient (Wildman–Crippen LogP) is 2.02. The highest BCUT2D eigenvalue weighted by Gasteiger charge is 2.13. The number of hydrogen-bond donors (Lipinski definition) is 1. The third kappa shape index (κ3) is 3.83. The minimum absolute atomic E-state index is 0.0711. The van der Waals surface area contributed by atoms with E-state index in [1.807, 2.05) is 19.9 Å². The van der Waals surface area contributed by atoms with E-state index in [2.05, 4.69) is 9.82 Å². The van der Waals surface area contributed by atoms with E-state index < -0.39 is 15.8 Å². The van der Waals surface area contributed by atoms with Crippen LogP contribution in [0.3, 0.4) is 0 Å². The largest absolute Gasteiger partial charge is 0.384 e. The van der Waals surface area contributed by atoms with Crippen LogP contribution in [0.25, 0.3) is 5.69 Å². The van der Waals surface area contributed by atoms with Gasteiger partial charge in [0.15, 0.2) is 5.82 Å². The Labute approximate surface area is 129 Å². The lowest BCUT2D eigenvalue weighted by atomic mass is 10.2. The number of nitrogens with zero attached hydrogens (tertiary/aromatic N) is 2. The number of nitrogens with one attached hydrogen (secondary N) is 1. The van der Waals surface area contributed by atoms with Gasteiger partial charge in [0.25, 0.3) is 0 Å². The van der Waals surface area contributed by atoms with Crippen molar-refractivity contribution in [3.63, 3.8) is 0 Å². The number of ether oxygens (including phenoxy) is 1. The van der Waals surface area contributed by atoms with Crippen molar-refractivity contribution in [1.82, 2.24) is 9.78 Å². The van der Waals surface area contributed by atoms with Crippen LogP contribution in [0.1, 0.15) is 11.4 Å². The summed E-state index contributed by atoms with van der Waals surface area (Å²) >= 11 is 0. The van der Waals surface area contributed by atoms with Crippen LogP contribution in [0.5, 0.6) is 0 Å². The smallest absolute Gasteiger partial charge is 0.235 e. The third-order valence-corrected chi connectivity index (χ3v) is 4.27. The molecule has 0 spiro atoms. The molecule has 6 nitrogen and oxygen atoms in total. The summed E-state index contributed by atoms with van der Waals surface area (Å²) in [4.78, 5) is 0. The zero-order chi connectivity index (χ0) is 16.3. The Kier molecular flexibility index (Phi) is 4.82. The van der Waals surface area contributed by atoms with Crippen LogP contribution in [0.4, 0.5) is 10.1 Å². The Morgan fingerprint density at radius 3 is 2.59 bits per heavy atom. The average Bonchev–Trinajstić information content (AvgIpc) is 2.75. The predicted molar refractivity (Wildman–Crippen MR) is 82.3 cm³/mol. The van der Waals surface area contributed by atoms with Crippen LogP contribution in [0, 0.1) is 19.7 Å². The lowest BCUT2D eigenvalue weighted by Gasteiger charge is -2.10. The number of rotatable bonds is 6. The van der Waals surface area contributed by atoms with Crippen LogP contribution >= 0.6 is 0 Å². The highest BCUT2D eigenvalue weighted by atomic mass is 32.2. The molecule has 0 bridgehead atoms. The highest BCUT2D eigenvalue weighted by molar-refractivity contribution is 7.92. The van der Waals surface area contributed by atoms with Crippen molar-refractivity contribution in [3.05, 3.63) is 41.5 Å². The number of aryl methyl sites for hydroxylation is 2. The van der Waals surface area contributed by atoms with E-state index in [0.717, 1.165) is 17.5 Å². The van der Waals surface area contributed by atoms with Gasteiger partial charge in [-0.2, -0.15) is 5.10 Å². The first-order valence-electron chi connectivity index (χ1n) is 6.65. The van der Waals surface area contributed by atoms with Gasteiger partial charge < -0.3 is 4.74 Å². The molecule has 2 rings (SSSR count). The molecule has 1 heterocycles. The molecule has 1 aromatic heterocycles. The van der Waals surface area contributed by atoms with Crippen molar-refractivity contribution < 1.29 is 17.5 Å². The first-order chi connectivity index (χ1) is 10.3. The maximum Gasteiger partial charge on any atom is 0.235 e. The van der Waals surface area contributed by atoms with Crippen LogP contribution < -0.4 is 4.72 Å². The second-order valence-corrected chi connectivity index (χ2v) is 6.76. The number of methoxy groups -OCH3 is 1. The number of sulfonamides is 1. The normalized spacial score (nSPS) is 11.6. The van der Waals surface area contributed by atoms with Gasteiger partial charge in [-0.15, -0.1) is 0 Å². The van der Waals surface area contributed by atoms with Gasteiger partial charge in [0.1, 0.15) is 5.69 Å². The van der Waals surface area contributed by atoms with Gasteiger partial charge in [0.2, 0.25) is 10.0 Å². The van der Waals surface area contributed by atoms with Crippen molar-refractivity contribution in [3.8, 4) is 5.69 Å². The fourth-order valence-electron chi connectivity index (χ4n) is 2.04. The minimum atomic E-state index is -3.56. The van der Waals surface area contributed by atoms with E-state index in [4.69, 9.17) is 4.74 Å². The molecule has 0 aliphatic carbocycles. The first-order valence-corrected chi connectivity index (χ1v) is 8.30. The van der Waals surface area contributed by atoms with E-state index in [1.165, 1.54) is 23.9 Å². The number of benzene rings is 1. The molecule has 0 saturated carbocycles.